The Morgan fingerprint density at radius 1 is 1.21 bits per heavy atom. The van der Waals surface area contributed by atoms with Gasteiger partial charge >= 0.3 is 0 Å². The Hall–Kier alpha value is -1.66. The summed E-state index contributed by atoms with van der Waals surface area (Å²) in [5, 5.41) is 14.8. The molecule has 0 N–H and O–H groups in total. The molecule has 0 aliphatic carbocycles. The minimum Gasteiger partial charge on any atom is -0.253 e. The molecule has 1 atom stereocenters. The number of hydrogen-bond donors (Lipinski definition) is 0. The van der Waals surface area contributed by atoms with Crippen molar-refractivity contribution in [1.29, 1.82) is 0 Å². The Labute approximate surface area is 119 Å². The maximum atomic E-state index is 4.09. The molecule has 0 amide bonds. The van der Waals surface area contributed by atoms with E-state index in [4.69, 9.17) is 0 Å². The van der Waals surface area contributed by atoms with Gasteiger partial charge in [-0.3, -0.25) is 5.01 Å². The molecule has 1 unspecified atom stereocenters. The SMILES string of the molecule is C1=C2Sc3nncn3N2C(/C=C/c2ccccc2)S1. The summed E-state index contributed by atoms with van der Waals surface area (Å²) in [6.07, 6.45) is 6.12. The van der Waals surface area contributed by atoms with E-state index in [9.17, 15) is 0 Å². The molecular weight excluding hydrogens is 276 g/mol. The van der Waals surface area contributed by atoms with E-state index in [2.05, 4.69) is 57.0 Å². The fourth-order valence-electron chi connectivity index (χ4n) is 2.08. The smallest absolute Gasteiger partial charge is 0.216 e. The minimum atomic E-state index is 0.264. The third kappa shape index (κ3) is 1.87. The van der Waals surface area contributed by atoms with Gasteiger partial charge in [-0.25, -0.2) is 4.68 Å². The van der Waals surface area contributed by atoms with Crippen LogP contribution in [0.25, 0.3) is 6.08 Å². The monoisotopic (exact) mass is 286 g/mol. The third-order valence-electron chi connectivity index (χ3n) is 2.96. The van der Waals surface area contributed by atoms with Crippen molar-refractivity contribution in [3.05, 3.63) is 58.7 Å². The molecule has 1 aromatic heterocycles. The van der Waals surface area contributed by atoms with Crippen LogP contribution in [0.4, 0.5) is 0 Å². The molecule has 3 heterocycles. The highest BCUT2D eigenvalue weighted by Gasteiger charge is 2.35. The maximum absolute atomic E-state index is 4.09. The zero-order valence-corrected chi connectivity index (χ0v) is 11.5. The highest BCUT2D eigenvalue weighted by atomic mass is 32.2. The van der Waals surface area contributed by atoms with Crippen LogP contribution in [0.5, 0.6) is 0 Å². The molecule has 6 heteroatoms. The first kappa shape index (κ1) is 11.2. The Balaban J connectivity index is 1.60. The molecule has 0 fully saturated rings. The molecular formula is C13H10N4S2. The number of benzene rings is 1. The fourth-order valence-corrected chi connectivity index (χ4v) is 4.16. The van der Waals surface area contributed by atoms with Gasteiger partial charge in [-0.05, 0) is 23.4 Å². The van der Waals surface area contributed by atoms with E-state index in [0.29, 0.717) is 0 Å². The van der Waals surface area contributed by atoms with Crippen LogP contribution in [-0.4, -0.2) is 20.2 Å². The summed E-state index contributed by atoms with van der Waals surface area (Å²) in [7, 11) is 0. The van der Waals surface area contributed by atoms with Gasteiger partial charge in [-0.1, -0.05) is 48.2 Å². The van der Waals surface area contributed by atoms with Crippen molar-refractivity contribution in [2.24, 2.45) is 0 Å². The lowest BCUT2D eigenvalue weighted by atomic mass is 10.2. The largest absolute Gasteiger partial charge is 0.253 e. The third-order valence-corrected chi connectivity index (χ3v) is 5.07. The average molecular weight is 286 g/mol. The lowest BCUT2D eigenvalue weighted by molar-refractivity contribution is 0.661. The standard InChI is InChI=1S/C13H10N4S2/c1-2-4-10(5-3-1)6-7-11-17-12(8-18-11)19-13-15-14-9-16(13)17/h1-9,11H/b7-6+. The number of nitrogens with zero attached hydrogens (tertiary/aromatic N) is 4. The first-order valence-electron chi connectivity index (χ1n) is 5.88. The summed E-state index contributed by atoms with van der Waals surface area (Å²) in [6.45, 7) is 0. The summed E-state index contributed by atoms with van der Waals surface area (Å²) in [6, 6.07) is 10.3. The van der Waals surface area contributed by atoms with Crippen LogP contribution < -0.4 is 5.01 Å². The predicted octanol–water partition coefficient (Wildman–Crippen LogP) is 2.91. The number of thioether (sulfide) groups is 2. The predicted molar refractivity (Wildman–Crippen MR) is 79.0 cm³/mol. The van der Waals surface area contributed by atoms with E-state index in [-0.39, 0.29) is 5.37 Å². The Morgan fingerprint density at radius 2 is 2.11 bits per heavy atom. The molecule has 2 aromatic rings. The Bertz CT molecular complexity index is 662. The number of aromatic nitrogens is 3. The van der Waals surface area contributed by atoms with E-state index < -0.39 is 0 Å². The molecule has 0 spiro atoms. The van der Waals surface area contributed by atoms with Crippen LogP contribution in [0.3, 0.4) is 0 Å². The van der Waals surface area contributed by atoms with E-state index in [1.165, 1.54) is 10.6 Å². The van der Waals surface area contributed by atoms with Crippen molar-refractivity contribution in [3.8, 4) is 0 Å². The van der Waals surface area contributed by atoms with Gasteiger partial charge in [0.05, 0.1) is 0 Å². The van der Waals surface area contributed by atoms with Crippen molar-refractivity contribution in [3.63, 3.8) is 0 Å². The van der Waals surface area contributed by atoms with Gasteiger partial charge in [0.15, 0.2) is 0 Å². The summed E-state index contributed by atoms with van der Waals surface area (Å²) >= 11 is 3.46. The van der Waals surface area contributed by atoms with Gasteiger partial charge in [0, 0.05) is 5.41 Å². The van der Waals surface area contributed by atoms with Crippen molar-refractivity contribution in [2.75, 3.05) is 5.01 Å². The minimum absolute atomic E-state index is 0.264. The fraction of sp³-hybridized carbons (Fsp3) is 0.0769. The first-order valence-corrected chi connectivity index (χ1v) is 7.64. The van der Waals surface area contributed by atoms with Gasteiger partial charge in [-0.2, -0.15) is 0 Å². The molecule has 1 aromatic carbocycles. The van der Waals surface area contributed by atoms with Gasteiger partial charge in [0.2, 0.25) is 5.16 Å². The van der Waals surface area contributed by atoms with Crippen molar-refractivity contribution in [2.45, 2.75) is 10.5 Å². The molecule has 2 aliphatic rings. The van der Waals surface area contributed by atoms with E-state index >= 15 is 0 Å². The summed E-state index contributed by atoms with van der Waals surface area (Å²) in [5.74, 6) is 0. The van der Waals surface area contributed by atoms with Crippen molar-refractivity contribution < 1.29 is 0 Å². The zero-order chi connectivity index (χ0) is 12.7. The zero-order valence-electron chi connectivity index (χ0n) is 9.88. The van der Waals surface area contributed by atoms with Crippen LogP contribution in [0.2, 0.25) is 0 Å². The molecule has 0 saturated heterocycles. The van der Waals surface area contributed by atoms with Crippen molar-refractivity contribution in [1.82, 2.24) is 14.9 Å². The Kier molecular flexibility index (Phi) is 2.63. The second kappa shape index (κ2) is 4.47. The van der Waals surface area contributed by atoms with Crippen LogP contribution in [0, 0.1) is 0 Å². The number of fused-ring (bicyclic) bond motifs is 3. The van der Waals surface area contributed by atoms with Crippen LogP contribution in [-0.2, 0) is 0 Å². The summed E-state index contributed by atoms with van der Waals surface area (Å²) < 4.78 is 2.01. The highest BCUT2D eigenvalue weighted by Crippen LogP contribution is 2.44. The molecule has 0 saturated carbocycles. The molecule has 94 valence electrons. The number of rotatable bonds is 2. The first-order chi connectivity index (χ1) is 9.42. The molecule has 0 bridgehead atoms. The quantitative estimate of drug-likeness (QED) is 0.848. The summed E-state index contributed by atoms with van der Waals surface area (Å²) in [4.78, 5) is 0. The number of hydrogen-bond acceptors (Lipinski definition) is 5. The Morgan fingerprint density at radius 3 is 3.00 bits per heavy atom. The van der Waals surface area contributed by atoms with Gasteiger partial charge < -0.3 is 0 Å². The normalized spacial score (nSPS) is 20.7. The van der Waals surface area contributed by atoms with Gasteiger partial charge in [0.1, 0.15) is 16.7 Å². The molecule has 19 heavy (non-hydrogen) atoms. The van der Waals surface area contributed by atoms with Crippen molar-refractivity contribution >= 4 is 29.6 Å². The lowest BCUT2D eigenvalue weighted by Gasteiger charge is -2.21. The highest BCUT2D eigenvalue weighted by molar-refractivity contribution is 8.07. The van der Waals surface area contributed by atoms with Gasteiger partial charge in [0.25, 0.3) is 0 Å². The van der Waals surface area contributed by atoms with E-state index in [1.54, 1.807) is 29.9 Å². The van der Waals surface area contributed by atoms with Crippen LogP contribution >= 0.6 is 23.5 Å². The van der Waals surface area contributed by atoms with Crippen LogP contribution in [0.1, 0.15) is 5.56 Å². The molecule has 2 aliphatic heterocycles. The van der Waals surface area contributed by atoms with E-state index in [0.717, 1.165) is 5.16 Å². The van der Waals surface area contributed by atoms with Gasteiger partial charge in [-0.15, -0.1) is 10.2 Å². The molecule has 0 radical (unpaired) electrons. The molecule has 4 rings (SSSR count). The average Bonchev–Trinajstić information content (AvgIpc) is 3.09. The lowest BCUT2D eigenvalue weighted by Crippen LogP contribution is -2.32. The van der Waals surface area contributed by atoms with E-state index in [1.807, 2.05) is 10.7 Å². The maximum Gasteiger partial charge on any atom is 0.216 e. The van der Waals surface area contributed by atoms with Crippen LogP contribution in [0.15, 0.2) is 58.3 Å². The molecule has 4 nitrogen and oxygen atoms in total. The second-order valence-corrected chi connectivity index (χ2v) is 6.14. The topological polar surface area (TPSA) is 34.0 Å². The summed E-state index contributed by atoms with van der Waals surface area (Å²) in [5.41, 5.74) is 1.22. The second-order valence-electron chi connectivity index (χ2n) is 4.16.